The molecule has 0 unspecified atom stereocenters. The molecule has 1 saturated heterocycles. The van der Waals surface area contributed by atoms with Crippen molar-refractivity contribution in [2.75, 3.05) is 13.2 Å². The van der Waals surface area contributed by atoms with Gasteiger partial charge in [-0.25, -0.2) is 4.79 Å². The first kappa shape index (κ1) is 16.0. The van der Waals surface area contributed by atoms with Gasteiger partial charge in [-0.05, 0) is 25.3 Å². The second-order valence-electron chi connectivity index (χ2n) is 5.70. The van der Waals surface area contributed by atoms with Crippen LogP contribution in [-0.4, -0.2) is 52.1 Å². The number of nitrogens with one attached hydrogen (secondary N) is 1. The van der Waals surface area contributed by atoms with Crippen molar-refractivity contribution >= 4 is 28.7 Å². The fraction of sp³-hybridized carbons (Fsp3) is 0.375. The van der Waals surface area contributed by atoms with E-state index in [0.717, 1.165) is 12.8 Å². The maximum atomic E-state index is 12.3. The number of primary amides is 1. The van der Waals surface area contributed by atoms with Crippen molar-refractivity contribution in [1.29, 1.82) is 0 Å². The normalized spacial score (nSPS) is 17.7. The molecule has 126 valence electrons. The summed E-state index contributed by atoms with van der Waals surface area (Å²) in [7, 11) is 0. The summed E-state index contributed by atoms with van der Waals surface area (Å²) < 4.78 is 5.07. The third-order valence-electron chi connectivity index (χ3n) is 4.14. The van der Waals surface area contributed by atoms with Crippen molar-refractivity contribution in [2.45, 2.75) is 25.3 Å². The van der Waals surface area contributed by atoms with E-state index in [0.29, 0.717) is 23.9 Å². The number of hydrogen-bond acceptors (Lipinski definition) is 5. The van der Waals surface area contributed by atoms with Crippen LogP contribution in [0, 0.1) is 0 Å². The molecule has 2 amide bonds. The summed E-state index contributed by atoms with van der Waals surface area (Å²) in [6.07, 6.45) is 2.18. The van der Waals surface area contributed by atoms with Gasteiger partial charge in [0.25, 0.3) is 5.91 Å². The number of para-hydroxylation sites is 1. The minimum atomic E-state index is -0.687. The maximum absolute atomic E-state index is 12.3. The van der Waals surface area contributed by atoms with Gasteiger partial charge in [-0.15, -0.1) is 0 Å². The molecule has 3 N–H and O–H groups in total. The summed E-state index contributed by atoms with van der Waals surface area (Å²) in [6.45, 7) is -0.000867. The molecule has 0 radical (unpaired) electrons. The lowest BCUT2D eigenvalue weighted by Gasteiger charge is -2.33. The molecule has 0 aliphatic carbocycles. The summed E-state index contributed by atoms with van der Waals surface area (Å²) >= 11 is 0. The lowest BCUT2D eigenvalue weighted by Crippen LogP contribution is -2.51. The number of hydrogen-bond donors (Lipinski definition) is 2. The average Bonchev–Trinajstić information content (AvgIpc) is 3.03. The lowest BCUT2D eigenvalue weighted by atomic mass is 10.0. The topological polar surface area (TPSA) is 118 Å². The van der Waals surface area contributed by atoms with Crippen molar-refractivity contribution in [1.82, 2.24) is 15.1 Å². The number of H-pyrrole nitrogens is 1. The van der Waals surface area contributed by atoms with Crippen molar-refractivity contribution < 1.29 is 19.1 Å². The first-order valence-electron chi connectivity index (χ1n) is 7.77. The molecule has 2 aromatic rings. The number of nitrogens with two attached hydrogens (primary N) is 1. The van der Waals surface area contributed by atoms with Gasteiger partial charge in [-0.3, -0.25) is 14.7 Å². The van der Waals surface area contributed by atoms with Crippen molar-refractivity contribution in [3.8, 4) is 0 Å². The minimum absolute atomic E-state index is 0.128. The Hall–Kier alpha value is -2.90. The summed E-state index contributed by atoms with van der Waals surface area (Å²) in [6, 6.07) is 6.50. The van der Waals surface area contributed by atoms with E-state index in [2.05, 4.69) is 10.2 Å². The molecular formula is C16H18N4O4. The molecule has 1 aliphatic heterocycles. The number of rotatable bonds is 4. The van der Waals surface area contributed by atoms with Gasteiger partial charge in [0.05, 0.1) is 5.52 Å². The largest absolute Gasteiger partial charge is 0.451 e. The molecule has 1 aliphatic rings. The van der Waals surface area contributed by atoms with Gasteiger partial charge in [0.15, 0.2) is 12.3 Å². The van der Waals surface area contributed by atoms with Gasteiger partial charge < -0.3 is 15.4 Å². The molecular weight excluding hydrogens is 312 g/mol. The zero-order valence-electron chi connectivity index (χ0n) is 13.0. The number of fused-ring (bicyclic) bond motifs is 1. The highest BCUT2D eigenvalue weighted by atomic mass is 16.5. The monoisotopic (exact) mass is 330 g/mol. The summed E-state index contributed by atoms with van der Waals surface area (Å²) in [4.78, 5) is 37.3. The number of benzene rings is 1. The fourth-order valence-electron chi connectivity index (χ4n) is 2.92. The number of amides is 2. The highest BCUT2D eigenvalue weighted by Gasteiger charge is 2.31. The van der Waals surface area contributed by atoms with Gasteiger partial charge in [0.1, 0.15) is 6.04 Å². The van der Waals surface area contributed by atoms with E-state index in [9.17, 15) is 14.4 Å². The Morgan fingerprint density at radius 2 is 2.08 bits per heavy atom. The van der Waals surface area contributed by atoms with Crippen LogP contribution < -0.4 is 5.73 Å². The Bertz CT molecular complexity index is 785. The van der Waals surface area contributed by atoms with Crippen LogP contribution in [0.4, 0.5) is 0 Å². The van der Waals surface area contributed by atoms with Crippen LogP contribution in [0.15, 0.2) is 24.3 Å². The Balaban J connectivity index is 1.65. The van der Waals surface area contributed by atoms with E-state index in [1.807, 2.05) is 6.07 Å². The molecule has 0 spiro atoms. The Kier molecular flexibility index (Phi) is 4.45. The zero-order chi connectivity index (χ0) is 17.1. The van der Waals surface area contributed by atoms with Gasteiger partial charge in [-0.1, -0.05) is 18.2 Å². The number of esters is 1. The van der Waals surface area contributed by atoms with E-state index in [1.54, 1.807) is 18.2 Å². The first-order chi connectivity index (χ1) is 11.6. The number of likely N-dealkylation sites (tertiary alicyclic amines) is 1. The second-order valence-corrected chi connectivity index (χ2v) is 5.70. The van der Waals surface area contributed by atoms with Crippen molar-refractivity contribution in [2.24, 2.45) is 5.73 Å². The smallest absolute Gasteiger partial charge is 0.359 e. The highest BCUT2D eigenvalue weighted by molar-refractivity contribution is 6.02. The third-order valence-corrected chi connectivity index (χ3v) is 4.14. The number of nitrogens with zero attached hydrogens (tertiary/aromatic N) is 2. The highest BCUT2D eigenvalue weighted by Crippen LogP contribution is 2.18. The van der Waals surface area contributed by atoms with E-state index in [1.165, 1.54) is 4.90 Å². The SMILES string of the molecule is NC(=O)[C@@H]1CCCCN1C(=O)COC(=O)c1n[nH]c2ccccc12. The van der Waals surface area contributed by atoms with Crippen LogP contribution in [0.2, 0.25) is 0 Å². The Morgan fingerprint density at radius 3 is 2.88 bits per heavy atom. The maximum Gasteiger partial charge on any atom is 0.359 e. The van der Waals surface area contributed by atoms with Crippen LogP contribution >= 0.6 is 0 Å². The number of carbonyl (C=O) groups is 3. The molecule has 3 rings (SSSR count). The van der Waals surface area contributed by atoms with E-state index in [-0.39, 0.29) is 5.69 Å². The van der Waals surface area contributed by atoms with Crippen LogP contribution in [0.1, 0.15) is 29.8 Å². The van der Waals surface area contributed by atoms with Crippen LogP contribution in [-0.2, 0) is 14.3 Å². The van der Waals surface area contributed by atoms with Gasteiger partial charge >= 0.3 is 5.97 Å². The van der Waals surface area contributed by atoms with E-state index >= 15 is 0 Å². The molecule has 2 heterocycles. The Morgan fingerprint density at radius 1 is 1.29 bits per heavy atom. The van der Waals surface area contributed by atoms with Crippen molar-refractivity contribution in [3.63, 3.8) is 0 Å². The van der Waals surface area contributed by atoms with Crippen LogP contribution in [0.5, 0.6) is 0 Å². The molecule has 1 aromatic carbocycles. The van der Waals surface area contributed by atoms with E-state index in [4.69, 9.17) is 10.5 Å². The van der Waals surface area contributed by atoms with Crippen molar-refractivity contribution in [3.05, 3.63) is 30.0 Å². The predicted molar refractivity (Wildman–Crippen MR) is 84.9 cm³/mol. The molecule has 0 saturated carbocycles. The van der Waals surface area contributed by atoms with Gasteiger partial charge in [0, 0.05) is 11.9 Å². The zero-order valence-corrected chi connectivity index (χ0v) is 13.0. The molecule has 1 atom stereocenters. The standard InChI is InChI=1S/C16H18N4O4/c17-15(22)12-7-3-4-8-20(12)13(21)9-24-16(23)14-10-5-1-2-6-11(10)18-19-14/h1-2,5-6,12H,3-4,7-9H2,(H2,17,22)(H,18,19)/t12-/m0/s1. The van der Waals surface area contributed by atoms with Crippen LogP contribution in [0.3, 0.4) is 0 Å². The summed E-state index contributed by atoms with van der Waals surface area (Å²) in [5.41, 5.74) is 6.17. The average molecular weight is 330 g/mol. The number of aromatic nitrogens is 2. The number of aromatic amines is 1. The molecule has 8 nitrogen and oxygen atoms in total. The third kappa shape index (κ3) is 3.08. The number of carbonyl (C=O) groups excluding carboxylic acids is 3. The predicted octanol–water partition coefficient (Wildman–Crippen LogP) is 0.586. The quantitative estimate of drug-likeness (QED) is 0.795. The Labute approximate surface area is 137 Å². The second kappa shape index (κ2) is 6.69. The molecule has 8 heteroatoms. The molecule has 0 bridgehead atoms. The van der Waals surface area contributed by atoms with E-state index < -0.39 is 30.4 Å². The lowest BCUT2D eigenvalue weighted by molar-refractivity contribution is -0.143. The van der Waals surface area contributed by atoms with Gasteiger partial charge in [0.2, 0.25) is 5.91 Å². The van der Waals surface area contributed by atoms with Gasteiger partial charge in [-0.2, -0.15) is 5.10 Å². The fourth-order valence-corrected chi connectivity index (χ4v) is 2.92. The number of ether oxygens (including phenoxy) is 1. The summed E-state index contributed by atoms with van der Waals surface area (Å²) in [5, 5.41) is 7.29. The molecule has 1 aromatic heterocycles. The summed E-state index contributed by atoms with van der Waals surface area (Å²) in [5.74, 6) is -1.65. The first-order valence-corrected chi connectivity index (χ1v) is 7.77. The molecule has 1 fully saturated rings. The van der Waals surface area contributed by atoms with Crippen LogP contribution in [0.25, 0.3) is 10.9 Å². The number of piperidine rings is 1. The molecule has 24 heavy (non-hydrogen) atoms. The minimum Gasteiger partial charge on any atom is -0.451 e.